The number of benzene rings is 1. The van der Waals surface area contributed by atoms with Crippen LogP contribution in [0.5, 0.6) is 0 Å². The summed E-state index contributed by atoms with van der Waals surface area (Å²) in [5, 5.41) is 28.5. The largest absolute Gasteiger partial charge is 0.390 e. The lowest BCUT2D eigenvalue weighted by Crippen LogP contribution is -2.36. The molecule has 0 saturated heterocycles. The molecule has 4 rings (SSSR count). The standard InChI is InChI=1S/C22H25N5O6S/c23-34(31,32)33-12-16-8-18(21(30)20(16)29)26-22-17(9-24-13-25-22)19(28)15-6-7-27(11-15)10-14-4-2-1-3-5-14/h1-7,9,11,13,16,18,20-21,29-30H,8,10,12H2,(H2,23,31,32)(H,24,25,26). The van der Waals surface area contributed by atoms with E-state index in [0.29, 0.717) is 12.1 Å². The molecule has 1 fully saturated rings. The monoisotopic (exact) mass is 487 g/mol. The molecule has 11 nitrogen and oxygen atoms in total. The van der Waals surface area contributed by atoms with Crippen molar-refractivity contribution in [1.82, 2.24) is 14.5 Å². The Kier molecular flexibility index (Phi) is 7.05. The van der Waals surface area contributed by atoms with Crippen molar-refractivity contribution in [2.75, 3.05) is 11.9 Å². The van der Waals surface area contributed by atoms with Crippen LogP contribution in [0, 0.1) is 5.92 Å². The van der Waals surface area contributed by atoms with Crippen LogP contribution >= 0.6 is 0 Å². The summed E-state index contributed by atoms with van der Waals surface area (Å²) in [5.74, 6) is -0.795. The number of nitrogens with one attached hydrogen (secondary N) is 1. The number of carbonyl (C=O) groups excluding carboxylic acids is 1. The quantitative estimate of drug-likeness (QED) is 0.310. The van der Waals surface area contributed by atoms with Crippen LogP contribution in [0.3, 0.4) is 0 Å². The predicted octanol–water partition coefficient (Wildman–Crippen LogP) is 0.300. The normalized spacial score (nSPS) is 22.6. The van der Waals surface area contributed by atoms with Gasteiger partial charge in [-0.05, 0) is 18.1 Å². The first-order chi connectivity index (χ1) is 16.2. The summed E-state index contributed by atoms with van der Waals surface area (Å²) < 4.78 is 28.6. The molecule has 1 aliphatic rings. The van der Waals surface area contributed by atoms with Gasteiger partial charge in [0.25, 0.3) is 0 Å². The smallest absolute Gasteiger partial charge is 0.333 e. The second-order valence-electron chi connectivity index (χ2n) is 8.18. The van der Waals surface area contributed by atoms with Gasteiger partial charge in [-0.3, -0.25) is 8.98 Å². The highest BCUT2D eigenvalue weighted by Crippen LogP contribution is 2.30. The topological polar surface area (TPSA) is 170 Å². The van der Waals surface area contributed by atoms with Crippen molar-refractivity contribution in [3.05, 3.63) is 78.0 Å². The van der Waals surface area contributed by atoms with Crippen LogP contribution in [-0.2, 0) is 21.0 Å². The number of nitrogens with two attached hydrogens (primary N) is 1. The van der Waals surface area contributed by atoms with Gasteiger partial charge in [-0.15, -0.1) is 0 Å². The molecule has 1 aliphatic carbocycles. The molecule has 0 spiro atoms. The Morgan fingerprint density at radius 1 is 1.21 bits per heavy atom. The molecular weight excluding hydrogens is 462 g/mol. The first-order valence-electron chi connectivity index (χ1n) is 10.6. The number of aromatic nitrogens is 3. The fourth-order valence-electron chi connectivity index (χ4n) is 4.02. The van der Waals surface area contributed by atoms with Crippen LogP contribution in [0.2, 0.25) is 0 Å². The molecule has 3 aromatic rings. The SMILES string of the molecule is NS(=O)(=O)OCC1CC(Nc2ncncc2C(=O)c2ccn(Cc3ccccc3)c2)C(O)C1O. The van der Waals surface area contributed by atoms with Gasteiger partial charge in [0.2, 0.25) is 0 Å². The third-order valence-corrected chi connectivity index (χ3v) is 6.21. The van der Waals surface area contributed by atoms with Gasteiger partial charge in [0, 0.05) is 36.6 Å². The number of aliphatic hydroxyl groups excluding tert-OH is 2. The molecule has 180 valence electrons. The summed E-state index contributed by atoms with van der Waals surface area (Å²) in [6.45, 7) is 0.235. The number of hydrogen-bond acceptors (Lipinski definition) is 9. The zero-order valence-corrected chi connectivity index (χ0v) is 18.9. The lowest BCUT2D eigenvalue weighted by molar-refractivity contribution is 0.00778. The van der Waals surface area contributed by atoms with E-state index in [1.807, 2.05) is 41.1 Å². The molecule has 0 radical (unpaired) electrons. The van der Waals surface area contributed by atoms with Gasteiger partial charge in [-0.1, -0.05) is 30.3 Å². The number of rotatable bonds is 9. The summed E-state index contributed by atoms with van der Waals surface area (Å²) in [6.07, 6.45) is 3.88. The van der Waals surface area contributed by atoms with Gasteiger partial charge in [-0.2, -0.15) is 8.42 Å². The third kappa shape index (κ3) is 5.66. The Labute approximate surface area is 196 Å². The van der Waals surface area contributed by atoms with E-state index in [2.05, 4.69) is 19.5 Å². The van der Waals surface area contributed by atoms with Crippen LogP contribution in [0.15, 0.2) is 61.3 Å². The van der Waals surface area contributed by atoms with Crippen LogP contribution in [0.25, 0.3) is 0 Å². The molecule has 2 aromatic heterocycles. The average molecular weight is 488 g/mol. The van der Waals surface area contributed by atoms with Gasteiger partial charge >= 0.3 is 10.3 Å². The zero-order chi connectivity index (χ0) is 24.3. The molecule has 4 unspecified atom stereocenters. The first-order valence-corrected chi connectivity index (χ1v) is 12.0. The van der Waals surface area contributed by atoms with E-state index in [4.69, 9.17) is 5.14 Å². The fraction of sp³-hybridized carbons (Fsp3) is 0.318. The molecule has 0 aliphatic heterocycles. The minimum Gasteiger partial charge on any atom is -0.390 e. The second kappa shape index (κ2) is 9.99. The zero-order valence-electron chi connectivity index (χ0n) is 18.1. The lowest BCUT2D eigenvalue weighted by atomic mass is 10.1. The Bertz CT molecular complexity index is 1250. The Morgan fingerprint density at radius 2 is 1.97 bits per heavy atom. The van der Waals surface area contributed by atoms with E-state index in [9.17, 15) is 23.4 Å². The summed E-state index contributed by atoms with van der Waals surface area (Å²) >= 11 is 0. The van der Waals surface area contributed by atoms with Crippen molar-refractivity contribution in [2.24, 2.45) is 11.1 Å². The molecule has 1 saturated carbocycles. The van der Waals surface area contributed by atoms with Crippen molar-refractivity contribution in [3.8, 4) is 0 Å². The third-order valence-electron chi connectivity index (χ3n) is 5.75. The number of aliphatic hydroxyl groups is 2. The number of nitrogens with zero attached hydrogens (tertiary/aromatic N) is 3. The average Bonchev–Trinajstić information content (AvgIpc) is 3.38. The number of carbonyl (C=O) groups is 1. The molecular formula is C22H25N5O6S. The highest BCUT2D eigenvalue weighted by atomic mass is 32.2. The summed E-state index contributed by atoms with van der Waals surface area (Å²) in [5.41, 5.74) is 1.74. The van der Waals surface area contributed by atoms with E-state index in [1.165, 1.54) is 12.5 Å². The van der Waals surface area contributed by atoms with E-state index in [0.717, 1.165) is 5.56 Å². The van der Waals surface area contributed by atoms with E-state index in [1.54, 1.807) is 12.3 Å². The highest BCUT2D eigenvalue weighted by Gasteiger charge is 2.42. The fourth-order valence-corrected chi connectivity index (χ4v) is 4.39. The Morgan fingerprint density at radius 3 is 2.71 bits per heavy atom. The van der Waals surface area contributed by atoms with Crippen molar-refractivity contribution in [3.63, 3.8) is 0 Å². The maximum Gasteiger partial charge on any atom is 0.333 e. The highest BCUT2D eigenvalue weighted by molar-refractivity contribution is 7.84. The van der Waals surface area contributed by atoms with Crippen LogP contribution in [-0.4, -0.2) is 63.8 Å². The number of anilines is 1. The predicted molar refractivity (Wildman–Crippen MR) is 122 cm³/mol. The van der Waals surface area contributed by atoms with Gasteiger partial charge in [-0.25, -0.2) is 15.1 Å². The van der Waals surface area contributed by atoms with E-state index in [-0.39, 0.29) is 30.2 Å². The van der Waals surface area contributed by atoms with Crippen molar-refractivity contribution < 1.29 is 27.6 Å². The van der Waals surface area contributed by atoms with Gasteiger partial charge in [0.05, 0.1) is 24.3 Å². The van der Waals surface area contributed by atoms with Crippen LogP contribution in [0.4, 0.5) is 5.82 Å². The maximum absolute atomic E-state index is 13.2. The van der Waals surface area contributed by atoms with Gasteiger partial charge in [0.1, 0.15) is 18.2 Å². The minimum absolute atomic E-state index is 0.170. The molecule has 0 bridgehead atoms. The summed E-state index contributed by atoms with van der Waals surface area (Å²) in [4.78, 5) is 21.3. The van der Waals surface area contributed by atoms with E-state index >= 15 is 0 Å². The lowest BCUT2D eigenvalue weighted by Gasteiger charge is -2.19. The molecule has 5 N–H and O–H groups in total. The minimum atomic E-state index is -4.18. The Hall–Kier alpha value is -3.16. The Balaban J connectivity index is 1.47. The van der Waals surface area contributed by atoms with Crippen molar-refractivity contribution in [2.45, 2.75) is 31.2 Å². The molecule has 2 heterocycles. The molecule has 34 heavy (non-hydrogen) atoms. The van der Waals surface area contributed by atoms with Gasteiger partial charge in [0.15, 0.2) is 5.78 Å². The van der Waals surface area contributed by atoms with Crippen molar-refractivity contribution >= 4 is 21.9 Å². The number of ketones is 1. The maximum atomic E-state index is 13.2. The van der Waals surface area contributed by atoms with E-state index < -0.39 is 34.5 Å². The summed E-state index contributed by atoms with van der Waals surface area (Å²) in [6, 6.07) is 10.8. The molecule has 1 aromatic carbocycles. The molecule has 12 heteroatoms. The molecule has 0 amide bonds. The van der Waals surface area contributed by atoms with Crippen molar-refractivity contribution in [1.29, 1.82) is 0 Å². The van der Waals surface area contributed by atoms with Crippen LogP contribution in [0.1, 0.15) is 27.9 Å². The van der Waals surface area contributed by atoms with Gasteiger partial charge < -0.3 is 20.1 Å². The number of hydrogen-bond donors (Lipinski definition) is 4. The summed E-state index contributed by atoms with van der Waals surface area (Å²) in [7, 11) is -4.18. The molecule has 4 atom stereocenters. The van der Waals surface area contributed by atoms with Crippen LogP contribution < -0.4 is 10.5 Å². The second-order valence-corrected chi connectivity index (χ2v) is 9.40. The first kappa shape index (κ1) is 24.0.